The Kier molecular flexibility index (Phi) is 4.67. The molecule has 0 fully saturated rings. The quantitative estimate of drug-likeness (QED) is 0.767. The summed E-state index contributed by atoms with van der Waals surface area (Å²) in [5.41, 5.74) is 1.64. The Morgan fingerprint density at radius 1 is 1.16 bits per heavy atom. The van der Waals surface area contributed by atoms with Gasteiger partial charge in [-0.1, -0.05) is 36.4 Å². The van der Waals surface area contributed by atoms with Gasteiger partial charge in [0.05, 0.1) is 17.1 Å². The topological polar surface area (TPSA) is 79.5 Å². The third-order valence-corrected chi connectivity index (χ3v) is 3.98. The molecule has 0 spiro atoms. The van der Waals surface area contributed by atoms with Gasteiger partial charge in [-0.15, -0.1) is 0 Å². The molecular formula is C20H19NO4. The normalized spacial score (nSPS) is 12.1. The summed E-state index contributed by atoms with van der Waals surface area (Å²) in [5.74, 6) is 0.0615. The van der Waals surface area contributed by atoms with Crippen molar-refractivity contribution in [1.29, 1.82) is 0 Å². The summed E-state index contributed by atoms with van der Waals surface area (Å²) >= 11 is 0. The second-order valence-corrected chi connectivity index (χ2v) is 5.99. The molecule has 0 bridgehead atoms. The maximum Gasteiger partial charge on any atom is 0.255 e. The van der Waals surface area contributed by atoms with Crippen LogP contribution in [0.3, 0.4) is 0 Å². The van der Waals surface area contributed by atoms with Crippen molar-refractivity contribution in [2.75, 3.05) is 6.54 Å². The lowest BCUT2D eigenvalue weighted by molar-refractivity contribution is 0.0924. The molecule has 3 rings (SSSR count). The van der Waals surface area contributed by atoms with Crippen LogP contribution in [0.1, 0.15) is 22.8 Å². The molecule has 1 unspecified atom stereocenters. The van der Waals surface area contributed by atoms with Gasteiger partial charge in [0.1, 0.15) is 5.76 Å². The smallest absolute Gasteiger partial charge is 0.255 e. The van der Waals surface area contributed by atoms with E-state index in [2.05, 4.69) is 5.32 Å². The number of hydrogen-bond acceptors (Lipinski definition) is 4. The first-order valence-electron chi connectivity index (χ1n) is 8.07. The third-order valence-electron chi connectivity index (χ3n) is 3.98. The highest BCUT2D eigenvalue weighted by Gasteiger charge is 2.18. The van der Waals surface area contributed by atoms with Gasteiger partial charge in [-0.25, -0.2) is 0 Å². The first-order chi connectivity index (χ1) is 12.0. The van der Waals surface area contributed by atoms with E-state index in [9.17, 15) is 14.7 Å². The Labute approximate surface area is 144 Å². The standard InChI is InChI=1S/C20H19NO4/c1-12(22)11-21-20(24)16-10-6-9-15-17(23)13(2)18(25-19(15)16)14-7-4-3-5-8-14/h3-10,12,22H,11H2,1-2H3,(H,21,24). The zero-order valence-corrected chi connectivity index (χ0v) is 14.1. The predicted molar refractivity (Wildman–Crippen MR) is 96.7 cm³/mol. The molecule has 1 amide bonds. The van der Waals surface area contributed by atoms with Gasteiger partial charge in [-0.3, -0.25) is 9.59 Å². The average Bonchev–Trinajstić information content (AvgIpc) is 2.63. The van der Waals surface area contributed by atoms with Crippen molar-refractivity contribution in [1.82, 2.24) is 5.32 Å². The number of benzene rings is 2. The molecule has 0 aliphatic heterocycles. The van der Waals surface area contributed by atoms with Crippen molar-refractivity contribution in [2.45, 2.75) is 20.0 Å². The van der Waals surface area contributed by atoms with Gasteiger partial charge in [0.2, 0.25) is 0 Å². The largest absolute Gasteiger partial charge is 0.455 e. The highest BCUT2D eigenvalue weighted by Crippen LogP contribution is 2.27. The molecule has 0 saturated heterocycles. The number of carbonyl (C=O) groups excluding carboxylic acids is 1. The monoisotopic (exact) mass is 337 g/mol. The number of nitrogens with one attached hydrogen (secondary N) is 1. The van der Waals surface area contributed by atoms with Crippen LogP contribution < -0.4 is 10.7 Å². The molecule has 1 atom stereocenters. The van der Waals surface area contributed by atoms with Crippen molar-refractivity contribution in [3.63, 3.8) is 0 Å². The number of aliphatic hydroxyl groups excluding tert-OH is 1. The Morgan fingerprint density at radius 3 is 2.56 bits per heavy atom. The molecule has 3 aromatic rings. The molecule has 0 saturated carbocycles. The van der Waals surface area contributed by atoms with Gasteiger partial charge in [0.15, 0.2) is 11.0 Å². The van der Waals surface area contributed by atoms with Crippen LogP contribution >= 0.6 is 0 Å². The summed E-state index contributed by atoms with van der Waals surface area (Å²) < 4.78 is 6.00. The molecule has 2 aromatic carbocycles. The molecule has 25 heavy (non-hydrogen) atoms. The summed E-state index contributed by atoms with van der Waals surface area (Å²) in [4.78, 5) is 25.2. The minimum absolute atomic E-state index is 0.122. The number of carbonyl (C=O) groups is 1. The fraction of sp³-hybridized carbons (Fsp3) is 0.200. The Bertz CT molecular complexity index is 974. The number of aliphatic hydroxyl groups is 1. The summed E-state index contributed by atoms with van der Waals surface area (Å²) in [6.45, 7) is 3.42. The molecule has 0 aliphatic rings. The zero-order chi connectivity index (χ0) is 18.0. The van der Waals surface area contributed by atoms with Crippen molar-refractivity contribution >= 4 is 16.9 Å². The van der Waals surface area contributed by atoms with Crippen molar-refractivity contribution in [3.05, 3.63) is 69.9 Å². The van der Waals surface area contributed by atoms with E-state index in [1.807, 2.05) is 30.3 Å². The third kappa shape index (κ3) is 3.32. The molecule has 1 aromatic heterocycles. The SMILES string of the molecule is Cc1c(-c2ccccc2)oc2c(C(=O)NCC(C)O)cccc2c1=O. The second kappa shape index (κ2) is 6.91. The molecule has 1 heterocycles. The van der Waals surface area contributed by atoms with E-state index in [0.717, 1.165) is 5.56 Å². The van der Waals surface area contributed by atoms with Crippen LogP contribution in [0.15, 0.2) is 57.7 Å². The Morgan fingerprint density at radius 2 is 1.88 bits per heavy atom. The lowest BCUT2D eigenvalue weighted by Crippen LogP contribution is -2.30. The number of rotatable bonds is 4. The summed E-state index contributed by atoms with van der Waals surface area (Å²) in [7, 11) is 0. The van der Waals surface area contributed by atoms with Gasteiger partial charge in [0, 0.05) is 17.7 Å². The molecular weight excluding hydrogens is 318 g/mol. The summed E-state index contributed by atoms with van der Waals surface area (Å²) in [6.07, 6.45) is -0.659. The van der Waals surface area contributed by atoms with Crippen LogP contribution in [0.2, 0.25) is 0 Å². The van der Waals surface area contributed by atoms with Gasteiger partial charge >= 0.3 is 0 Å². The van der Waals surface area contributed by atoms with Crippen LogP contribution in [0, 0.1) is 6.92 Å². The van der Waals surface area contributed by atoms with Crippen LogP contribution in [0.25, 0.3) is 22.3 Å². The highest BCUT2D eigenvalue weighted by atomic mass is 16.3. The minimum Gasteiger partial charge on any atom is -0.455 e. The first kappa shape index (κ1) is 16.9. The second-order valence-electron chi connectivity index (χ2n) is 5.99. The van der Waals surface area contributed by atoms with Gasteiger partial charge in [-0.2, -0.15) is 0 Å². The van der Waals surface area contributed by atoms with E-state index in [1.165, 1.54) is 0 Å². The van der Waals surface area contributed by atoms with Crippen molar-refractivity contribution in [2.24, 2.45) is 0 Å². The number of para-hydroxylation sites is 1. The number of fused-ring (bicyclic) bond motifs is 1. The zero-order valence-electron chi connectivity index (χ0n) is 14.1. The van der Waals surface area contributed by atoms with E-state index in [1.54, 1.807) is 32.0 Å². The summed E-state index contributed by atoms with van der Waals surface area (Å²) in [5, 5.41) is 12.3. The molecule has 0 aliphatic carbocycles. The van der Waals surface area contributed by atoms with E-state index in [-0.39, 0.29) is 23.1 Å². The maximum absolute atomic E-state index is 12.7. The Balaban J connectivity index is 2.19. The van der Waals surface area contributed by atoms with Crippen molar-refractivity contribution < 1.29 is 14.3 Å². The van der Waals surface area contributed by atoms with Crippen LogP contribution in [-0.2, 0) is 0 Å². The number of amides is 1. The van der Waals surface area contributed by atoms with Crippen LogP contribution in [-0.4, -0.2) is 23.7 Å². The van der Waals surface area contributed by atoms with Gasteiger partial charge < -0.3 is 14.8 Å². The first-order valence-corrected chi connectivity index (χ1v) is 8.07. The van der Waals surface area contributed by atoms with E-state index < -0.39 is 12.0 Å². The van der Waals surface area contributed by atoms with Crippen LogP contribution in [0.5, 0.6) is 0 Å². The molecule has 2 N–H and O–H groups in total. The lowest BCUT2D eigenvalue weighted by Gasteiger charge is -2.11. The van der Waals surface area contributed by atoms with E-state index in [0.29, 0.717) is 16.7 Å². The molecule has 128 valence electrons. The summed E-state index contributed by atoms with van der Waals surface area (Å²) in [6, 6.07) is 14.2. The average molecular weight is 337 g/mol. The minimum atomic E-state index is -0.659. The predicted octanol–water partition coefficient (Wildman–Crippen LogP) is 2.88. The highest BCUT2D eigenvalue weighted by molar-refractivity contribution is 6.05. The Hall–Kier alpha value is -2.92. The van der Waals surface area contributed by atoms with Crippen molar-refractivity contribution in [3.8, 4) is 11.3 Å². The fourth-order valence-corrected chi connectivity index (χ4v) is 2.69. The molecule has 5 heteroatoms. The van der Waals surface area contributed by atoms with E-state index in [4.69, 9.17) is 4.42 Å². The molecule has 5 nitrogen and oxygen atoms in total. The lowest BCUT2D eigenvalue weighted by atomic mass is 10.0. The van der Waals surface area contributed by atoms with Gasteiger partial charge in [0.25, 0.3) is 5.91 Å². The maximum atomic E-state index is 12.7. The fourth-order valence-electron chi connectivity index (χ4n) is 2.69. The molecule has 0 radical (unpaired) electrons. The number of hydrogen-bond donors (Lipinski definition) is 2. The van der Waals surface area contributed by atoms with Gasteiger partial charge in [-0.05, 0) is 26.0 Å². The van der Waals surface area contributed by atoms with Crippen LogP contribution in [0.4, 0.5) is 0 Å². The van der Waals surface area contributed by atoms with E-state index >= 15 is 0 Å².